The van der Waals surface area contributed by atoms with Gasteiger partial charge in [-0.3, -0.25) is 0 Å². The topological polar surface area (TPSA) is 34.8 Å². The predicted molar refractivity (Wildman–Crippen MR) is 71.2 cm³/mol. The van der Waals surface area contributed by atoms with Crippen molar-refractivity contribution in [3.8, 4) is 0 Å². The fraction of sp³-hybridized carbons (Fsp3) is 0.500. The van der Waals surface area contributed by atoms with Gasteiger partial charge in [0.1, 0.15) is 5.82 Å². The van der Waals surface area contributed by atoms with Crippen LogP contribution in [0.1, 0.15) is 17.8 Å². The Labute approximate surface area is 108 Å². The summed E-state index contributed by atoms with van der Waals surface area (Å²) in [4.78, 5) is 4.36. The second kappa shape index (κ2) is 4.98. The SMILES string of the molecule is Cn1ccc(CNC[C@H]2CCc3nccn3C2)c1. The first-order chi connectivity index (χ1) is 8.81. The van der Waals surface area contributed by atoms with Crippen molar-refractivity contribution in [3.05, 3.63) is 42.2 Å². The molecule has 1 atom stereocenters. The van der Waals surface area contributed by atoms with Crippen LogP contribution in [0.15, 0.2) is 30.9 Å². The summed E-state index contributed by atoms with van der Waals surface area (Å²) < 4.78 is 4.38. The van der Waals surface area contributed by atoms with E-state index >= 15 is 0 Å². The molecule has 2 aromatic heterocycles. The van der Waals surface area contributed by atoms with E-state index in [1.165, 1.54) is 17.8 Å². The van der Waals surface area contributed by atoms with Gasteiger partial charge in [-0.05, 0) is 30.5 Å². The number of aryl methyl sites for hydroxylation is 2. The third-order valence-corrected chi connectivity index (χ3v) is 3.69. The lowest BCUT2D eigenvalue weighted by molar-refractivity contribution is 0.347. The van der Waals surface area contributed by atoms with Gasteiger partial charge in [-0.15, -0.1) is 0 Å². The van der Waals surface area contributed by atoms with Crippen LogP contribution in [0.2, 0.25) is 0 Å². The van der Waals surface area contributed by atoms with Crippen LogP contribution in [0.3, 0.4) is 0 Å². The van der Waals surface area contributed by atoms with Gasteiger partial charge in [0.15, 0.2) is 0 Å². The smallest absolute Gasteiger partial charge is 0.108 e. The fourth-order valence-corrected chi connectivity index (χ4v) is 2.69. The van der Waals surface area contributed by atoms with Crippen molar-refractivity contribution in [1.82, 2.24) is 19.4 Å². The minimum Gasteiger partial charge on any atom is -0.357 e. The minimum atomic E-state index is 0.732. The molecule has 0 saturated heterocycles. The highest BCUT2D eigenvalue weighted by molar-refractivity contribution is 5.09. The van der Waals surface area contributed by atoms with Crippen LogP contribution in [0.5, 0.6) is 0 Å². The predicted octanol–water partition coefficient (Wildman–Crippen LogP) is 1.57. The van der Waals surface area contributed by atoms with Crippen LogP contribution in [0, 0.1) is 5.92 Å². The number of hydrogen-bond acceptors (Lipinski definition) is 2. The first kappa shape index (κ1) is 11.5. The standard InChI is InChI=1S/C14H20N4/c1-17-6-4-13(10-17)9-15-8-12-2-3-14-16-5-7-18(14)11-12/h4-7,10,12,15H,2-3,8-9,11H2,1H3/t12-/m1/s1. The molecule has 1 N–H and O–H groups in total. The second-order valence-electron chi connectivity index (χ2n) is 5.22. The molecule has 0 aliphatic carbocycles. The van der Waals surface area contributed by atoms with Crippen molar-refractivity contribution >= 4 is 0 Å². The molecule has 0 fully saturated rings. The summed E-state index contributed by atoms with van der Waals surface area (Å²) in [5.41, 5.74) is 1.36. The zero-order valence-electron chi connectivity index (χ0n) is 10.8. The lowest BCUT2D eigenvalue weighted by Crippen LogP contribution is -2.29. The molecular weight excluding hydrogens is 224 g/mol. The highest BCUT2D eigenvalue weighted by Gasteiger charge is 2.18. The van der Waals surface area contributed by atoms with Crippen molar-refractivity contribution in [2.24, 2.45) is 13.0 Å². The fourth-order valence-electron chi connectivity index (χ4n) is 2.69. The van der Waals surface area contributed by atoms with E-state index in [-0.39, 0.29) is 0 Å². The van der Waals surface area contributed by atoms with Crippen LogP contribution < -0.4 is 5.32 Å². The summed E-state index contributed by atoms with van der Waals surface area (Å²) in [6.07, 6.45) is 10.6. The quantitative estimate of drug-likeness (QED) is 0.886. The normalized spacial score (nSPS) is 18.8. The average Bonchev–Trinajstić information content (AvgIpc) is 2.97. The molecule has 0 radical (unpaired) electrons. The van der Waals surface area contributed by atoms with Gasteiger partial charge in [0, 0.05) is 51.3 Å². The molecule has 3 rings (SSSR count). The summed E-state index contributed by atoms with van der Waals surface area (Å²) in [5, 5.41) is 3.56. The summed E-state index contributed by atoms with van der Waals surface area (Å²) in [7, 11) is 2.06. The van der Waals surface area contributed by atoms with Crippen LogP contribution in [-0.2, 0) is 26.6 Å². The molecule has 1 aliphatic rings. The van der Waals surface area contributed by atoms with Crippen LogP contribution >= 0.6 is 0 Å². The molecule has 4 nitrogen and oxygen atoms in total. The summed E-state index contributed by atoms with van der Waals surface area (Å²) in [6.45, 7) is 3.16. The molecule has 96 valence electrons. The third kappa shape index (κ3) is 2.48. The Kier molecular flexibility index (Phi) is 3.19. The Morgan fingerprint density at radius 1 is 1.44 bits per heavy atom. The third-order valence-electron chi connectivity index (χ3n) is 3.69. The maximum Gasteiger partial charge on any atom is 0.108 e. The summed E-state index contributed by atoms with van der Waals surface area (Å²) >= 11 is 0. The van der Waals surface area contributed by atoms with Crippen LogP contribution in [0.25, 0.3) is 0 Å². The highest BCUT2D eigenvalue weighted by atomic mass is 15.1. The summed E-state index contributed by atoms with van der Waals surface area (Å²) in [6, 6.07) is 2.17. The van der Waals surface area contributed by atoms with Gasteiger partial charge < -0.3 is 14.5 Å². The van der Waals surface area contributed by atoms with Gasteiger partial charge in [-0.2, -0.15) is 0 Å². The van der Waals surface area contributed by atoms with Crippen molar-refractivity contribution < 1.29 is 0 Å². The summed E-state index contributed by atoms with van der Waals surface area (Å²) in [5.74, 6) is 1.98. The lowest BCUT2D eigenvalue weighted by Gasteiger charge is -2.23. The van der Waals surface area contributed by atoms with Crippen molar-refractivity contribution in [3.63, 3.8) is 0 Å². The highest BCUT2D eigenvalue weighted by Crippen LogP contribution is 2.17. The van der Waals surface area contributed by atoms with E-state index in [0.717, 1.165) is 32.0 Å². The van der Waals surface area contributed by atoms with Gasteiger partial charge in [0.25, 0.3) is 0 Å². The van der Waals surface area contributed by atoms with Crippen molar-refractivity contribution in [1.29, 1.82) is 0 Å². The number of nitrogens with zero attached hydrogens (tertiary/aromatic N) is 3. The van der Waals surface area contributed by atoms with E-state index in [1.54, 1.807) is 0 Å². The molecule has 0 unspecified atom stereocenters. The Bertz CT molecular complexity index is 511. The van der Waals surface area contributed by atoms with Crippen molar-refractivity contribution in [2.45, 2.75) is 25.9 Å². The number of rotatable bonds is 4. The Hall–Kier alpha value is -1.55. The van der Waals surface area contributed by atoms with Gasteiger partial charge >= 0.3 is 0 Å². The molecule has 0 aromatic carbocycles. The molecule has 0 spiro atoms. The van der Waals surface area contributed by atoms with Crippen LogP contribution in [0.4, 0.5) is 0 Å². The van der Waals surface area contributed by atoms with Gasteiger partial charge in [-0.1, -0.05) is 0 Å². The number of aromatic nitrogens is 3. The van der Waals surface area contributed by atoms with E-state index < -0.39 is 0 Å². The Morgan fingerprint density at radius 2 is 2.39 bits per heavy atom. The Balaban J connectivity index is 1.47. The van der Waals surface area contributed by atoms with E-state index in [0.29, 0.717) is 0 Å². The number of hydrogen-bond donors (Lipinski definition) is 1. The van der Waals surface area contributed by atoms with E-state index in [9.17, 15) is 0 Å². The largest absolute Gasteiger partial charge is 0.357 e. The molecule has 2 aromatic rings. The molecule has 0 bridgehead atoms. The molecule has 4 heteroatoms. The van der Waals surface area contributed by atoms with Crippen molar-refractivity contribution in [2.75, 3.05) is 6.54 Å². The monoisotopic (exact) mass is 244 g/mol. The average molecular weight is 244 g/mol. The first-order valence-corrected chi connectivity index (χ1v) is 6.63. The molecule has 0 amide bonds. The number of imidazole rings is 1. The van der Waals surface area contributed by atoms with Gasteiger partial charge in [0.2, 0.25) is 0 Å². The zero-order valence-corrected chi connectivity index (χ0v) is 10.8. The van der Waals surface area contributed by atoms with E-state index in [4.69, 9.17) is 0 Å². The zero-order chi connectivity index (χ0) is 12.4. The molecule has 18 heavy (non-hydrogen) atoms. The molecule has 1 aliphatic heterocycles. The molecular formula is C14H20N4. The van der Waals surface area contributed by atoms with E-state index in [1.807, 2.05) is 6.20 Å². The first-order valence-electron chi connectivity index (χ1n) is 6.63. The number of fused-ring (bicyclic) bond motifs is 1. The van der Waals surface area contributed by atoms with Gasteiger partial charge in [0.05, 0.1) is 0 Å². The molecule has 3 heterocycles. The minimum absolute atomic E-state index is 0.732. The van der Waals surface area contributed by atoms with E-state index in [2.05, 4.69) is 51.1 Å². The second-order valence-corrected chi connectivity index (χ2v) is 5.22. The maximum atomic E-state index is 4.36. The lowest BCUT2D eigenvalue weighted by atomic mass is 9.99. The van der Waals surface area contributed by atoms with Gasteiger partial charge in [-0.25, -0.2) is 4.98 Å². The number of nitrogens with one attached hydrogen (secondary N) is 1. The molecule has 0 saturated carbocycles. The Morgan fingerprint density at radius 3 is 3.22 bits per heavy atom. The van der Waals surface area contributed by atoms with Crippen LogP contribution in [-0.4, -0.2) is 20.7 Å². The maximum absolute atomic E-state index is 4.36.